The number of rotatable bonds is 0. The summed E-state index contributed by atoms with van der Waals surface area (Å²) in [5.41, 5.74) is 2.17. The minimum absolute atomic E-state index is 0.833. The Morgan fingerprint density at radius 1 is 1.50 bits per heavy atom. The third-order valence-corrected chi connectivity index (χ3v) is 1.52. The van der Waals surface area contributed by atoms with Gasteiger partial charge in [-0.05, 0) is 12.1 Å². The van der Waals surface area contributed by atoms with Gasteiger partial charge in [0.1, 0.15) is 0 Å². The maximum atomic E-state index is 9.00. The first-order chi connectivity index (χ1) is 6.70. The summed E-state index contributed by atoms with van der Waals surface area (Å²) in [5, 5.41) is 10.6. The molecule has 2 rings (SSSR count). The molecule has 1 heterocycles. The van der Waals surface area contributed by atoms with Crippen LogP contribution < -0.4 is 5.32 Å². The number of anilines is 1. The average molecular weight is 192 g/mol. The van der Waals surface area contributed by atoms with E-state index in [1.165, 1.54) is 0 Å². The monoisotopic (exact) mass is 192 g/mol. The van der Waals surface area contributed by atoms with Crippen molar-refractivity contribution in [3.8, 4) is 0 Å². The zero-order chi connectivity index (χ0) is 10.4. The van der Waals surface area contributed by atoms with Gasteiger partial charge in [-0.15, -0.1) is 0 Å². The van der Waals surface area contributed by atoms with Crippen molar-refractivity contribution in [3.63, 3.8) is 0 Å². The van der Waals surface area contributed by atoms with Gasteiger partial charge < -0.3 is 10.4 Å². The zero-order valence-electron chi connectivity index (χ0n) is 7.90. The van der Waals surface area contributed by atoms with Gasteiger partial charge in [-0.25, -0.2) is 0 Å². The second-order valence-electron chi connectivity index (χ2n) is 2.73. The Labute approximate surface area is 82.3 Å². The van der Waals surface area contributed by atoms with E-state index in [-0.39, 0.29) is 0 Å². The molecule has 74 valence electrons. The highest BCUT2D eigenvalue weighted by atomic mass is 16.4. The van der Waals surface area contributed by atoms with Gasteiger partial charge in [-0.3, -0.25) is 9.79 Å². The normalized spacial score (nSPS) is 11.8. The maximum Gasteiger partial charge on any atom is 0.300 e. The lowest BCUT2D eigenvalue weighted by Gasteiger charge is -2.10. The molecule has 0 atom stereocenters. The number of carboxylic acid groups (broad SMARTS) is 1. The summed E-state index contributed by atoms with van der Waals surface area (Å²) >= 11 is 0. The number of nitrogens with one attached hydrogen (secondary N) is 1. The Morgan fingerprint density at radius 3 is 2.79 bits per heavy atom. The molecule has 0 saturated carbocycles. The van der Waals surface area contributed by atoms with Crippen LogP contribution in [0.3, 0.4) is 0 Å². The quantitative estimate of drug-likeness (QED) is 0.660. The first kappa shape index (κ1) is 10.2. The van der Waals surface area contributed by atoms with Crippen LogP contribution in [0.5, 0.6) is 0 Å². The van der Waals surface area contributed by atoms with Crippen molar-refractivity contribution < 1.29 is 9.90 Å². The number of carbonyl (C=O) groups is 1. The van der Waals surface area contributed by atoms with Gasteiger partial charge >= 0.3 is 0 Å². The molecule has 0 unspecified atom stereocenters. The summed E-state index contributed by atoms with van der Waals surface area (Å²) in [6.07, 6.45) is 1.88. The smallest absolute Gasteiger partial charge is 0.300 e. The van der Waals surface area contributed by atoms with Gasteiger partial charge in [-0.2, -0.15) is 0 Å². The maximum absolute atomic E-state index is 9.00. The van der Waals surface area contributed by atoms with E-state index < -0.39 is 5.97 Å². The summed E-state index contributed by atoms with van der Waals surface area (Å²) < 4.78 is 0. The minimum Gasteiger partial charge on any atom is -0.481 e. The fraction of sp³-hybridized carbons (Fsp3) is 0.200. The first-order valence-corrected chi connectivity index (χ1v) is 4.25. The third kappa shape index (κ3) is 3.26. The molecular weight excluding hydrogens is 180 g/mol. The van der Waals surface area contributed by atoms with Crippen LogP contribution in [0.25, 0.3) is 0 Å². The van der Waals surface area contributed by atoms with Gasteiger partial charge in [0.15, 0.2) is 0 Å². The topological polar surface area (TPSA) is 61.7 Å². The van der Waals surface area contributed by atoms with Crippen LogP contribution in [-0.2, 0) is 4.79 Å². The van der Waals surface area contributed by atoms with E-state index >= 15 is 0 Å². The van der Waals surface area contributed by atoms with Crippen molar-refractivity contribution in [1.82, 2.24) is 0 Å². The van der Waals surface area contributed by atoms with Crippen molar-refractivity contribution in [2.24, 2.45) is 4.99 Å². The molecule has 1 aromatic rings. The second kappa shape index (κ2) is 5.01. The molecule has 0 spiro atoms. The van der Waals surface area contributed by atoms with E-state index in [1.54, 1.807) is 0 Å². The highest BCUT2D eigenvalue weighted by molar-refractivity contribution is 5.80. The molecule has 4 nitrogen and oxygen atoms in total. The Balaban J connectivity index is 0.000000213. The van der Waals surface area contributed by atoms with E-state index in [2.05, 4.69) is 10.3 Å². The fourth-order valence-corrected chi connectivity index (χ4v) is 1.04. The molecule has 0 bridgehead atoms. The molecule has 1 aromatic carbocycles. The van der Waals surface area contributed by atoms with Gasteiger partial charge in [-0.1, -0.05) is 12.1 Å². The number of aliphatic imine (C=N–C) groups is 1. The number of fused-ring (bicyclic) bond motifs is 1. The molecule has 0 saturated heterocycles. The lowest BCUT2D eigenvalue weighted by atomic mass is 10.2. The lowest BCUT2D eigenvalue weighted by molar-refractivity contribution is -0.134. The predicted molar refractivity (Wildman–Crippen MR) is 56.4 cm³/mol. The van der Waals surface area contributed by atoms with Crippen LogP contribution in [0, 0.1) is 0 Å². The van der Waals surface area contributed by atoms with E-state index in [4.69, 9.17) is 9.90 Å². The second-order valence-corrected chi connectivity index (χ2v) is 2.73. The molecule has 1 aliphatic heterocycles. The third-order valence-electron chi connectivity index (χ3n) is 1.52. The highest BCUT2D eigenvalue weighted by Crippen LogP contribution is 2.24. The number of benzene rings is 1. The summed E-state index contributed by atoms with van der Waals surface area (Å²) in [6.45, 7) is 1.93. The first-order valence-electron chi connectivity index (χ1n) is 4.25. The van der Waals surface area contributed by atoms with Crippen molar-refractivity contribution in [2.75, 3.05) is 11.9 Å². The molecule has 0 radical (unpaired) electrons. The molecule has 0 amide bonds. The predicted octanol–water partition coefficient (Wildman–Crippen LogP) is 1.91. The van der Waals surface area contributed by atoms with E-state index in [0.717, 1.165) is 24.8 Å². The highest BCUT2D eigenvalue weighted by Gasteiger charge is 2.00. The molecule has 0 fully saturated rings. The number of para-hydroxylation sites is 2. The van der Waals surface area contributed by atoms with E-state index in [0.29, 0.717) is 0 Å². The number of hydrogen-bond donors (Lipinski definition) is 2. The standard InChI is InChI=1S/C8H8N2.C2H4O2/c1-2-4-8-7(3-1)9-5-6-10-8;1-2(3)4/h1-5,10H,6H2;1H3,(H,3,4). The number of carboxylic acids is 1. The Morgan fingerprint density at radius 2 is 2.14 bits per heavy atom. The SMILES string of the molecule is C1=Nc2ccccc2NC1.CC(=O)O. The number of hydrogen-bond acceptors (Lipinski definition) is 3. The van der Waals surface area contributed by atoms with Gasteiger partial charge in [0, 0.05) is 13.1 Å². The summed E-state index contributed by atoms with van der Waals surface area (Å²) in [5.74, 6) is -0.833. The number of nitrogens with zero attached hydrogens (tertiary/aromatic N) is 1. The largest absolute Gasteiger partial charge is 0.481 e. The van der Waals surface area contributed by atoms with Gasteiger partial charge in [0.25, 0.3) is 5.97 Å². The van der Waals surface area contributed by atoms with E-state index in [1.807, 2.05) is 30.5 Å². The van der Waals surface area contributed by atoms with Crippen molar-refractivity contribution in [2.45, 2.75) is 6.92 Å². The Kier molecular flexibility index (Phi) is 3.67. The molecule has 0 aliphatic carbocycles. The van der Waals surface area contributed by atoms with Crippen LogP contribution in [-0.4, -0.2) is 23.8 Å². The van der Waals surface area contributed by atoms with Crippen molar-refractivity contribution in [3.05, 3.63) is 24.3 Å². The van der Waals surface area contributed by atoms with Gasteiger partial charge in [0.05, 0.1) is 17.9 Å². The van der Waals surface area contributed by atoms with Crippen LogP contribution in [0.2, 0.25) is 0 Å². The average Bonchev–Trinajstić information content (AvgIpc) is 2.17. The molecule has 14 heavy (non-hydrogen) atoms. The van der Waals surface area contributed by atoms with Crippen LogP contribution in [0.4, 0.5) is 11.4 Å². The van der Waals surface area contributed by atoms with Crippen LogP contribution in [0.15, 0.2) is 29.3 Å². The Hall–Kier alpha value is -1.84. The molecule has 4 heteroatoms. The molecule has 2 N–H and O–H groups in total. The zero-order valence-corrected chi connectivity index (χ0v) is 7.90. The van der Waals surface area contributed by atoms with Crippen LogP contribution >= 0.6 is 0 Å². The van der Waals surface area contributed by atoms with Gasteiger partial charge in [0.2, 0.25) is 0 Å². The fourth-order valence-electron chi connectivity index (χ4n) is 1.04. The van der Waals surface area contributed by atoms with Crippen molar-refractivity contribution in [1.29, 1.82) is 0 Å². The molecule has 0 aromatic heterocycles. The summed E-state index contributed by atoms with van der Waals surface area (Å²) in [6, 6.07) is 8.03. The lowest BCUT2D eigenvalue weighted by Crippen LogP contribution is -2.05. The van der Waals surface area contributed by atoms with Crippen molar-refractivity contribution >= 4 is 23.6 Å². The Bertz CT molecular complexity index is 344. The summed E-state index contributed by atoms with van der Waals surface area (Å²) in [7, 11) is 0. The van der Waals surface area contributed by atoms with Crippen LogP contribution in [0.1, 0.15) is 6.92 Å². The molecular formula is C10H12N2O2. The minimum atomic E-state index is -0.833. The summed E-state index contributed by atoms with van der Waals surface area (Å²) in [4.78, 5) is 13.2. The molecule has 1 aliphatic rings. The van der Waals surface area contributed by atoms with E-state index in [9.17, 15) is 0 Å². The number of aliphatic carboxylic acids is 1.